The highest BCUT2D eigenvalue weighted by molar-refractivity contribution is 7.99. The summed E-state index contributed by atoms with van der Waals surface area (Å²) >= 11 is 1.68. The molecule has 31 heavy (non-hydrogen) atoms. The Bertz CT molecular complexity index is 1230. The maximum atomic E-state index is 12.3. The second-order valence-electron chi connectivity index (χ2n) is 7.79. The Morgan fingerprint density at radius 3 is 2.52 bits per heavy atom. The molecule has 1 saturated heterocycles. The first-order valence-electron chi connectivity index (χ1n) is 10.3. The maximum absolute atomic E-state index is 12.3. The highest BCUT2D eigenvalue weighted by atomic mass is 32.2. The molecule has 0 unspecified atom stereocenters. The van der Waals surface area contributed by atoms with Crippen LogP contribution in [0.4, 0.5) is 0 Å². The first-order valence-corrected chi connectivity index (χ1v) is 11.2. The molecule has 0 atom stereocenters. The fourth-order valence-corrected chi connectivity index (χ4v) is 5.11. The van der Waals surface area contributed by atoms with Crippen molar-refractivity contribution in [3.63, 3.8) is 0 Å². The molecule has 156 valence electrons. The molecule has 5 nitrogen and oxygen atoms in total. The summed E-state index contributed by atoms with van der Waals surface area (Å²) in [5.41, 5.74) is 9.31. The third-order valence-corrected chi connectivity index (χ3v) is 7.01. The number of nitrogens with zero attached hydrogens (tertiary/aromatic N) is 2. The number of ether oxygens (including phenoxy) is 1. The van der Waals surface area contributed by atoms with E-state index in [2.05, 4.69) is 52.0 Å². The highest BCUT2D eigenvalue weighted by Gasteiger charge is 2.40. The van der Waals surface area contributed by atoms with Crippen molar-refractivity contribution in [2.75, 3.05) is 13.2 Å². The van der Waals surface area contributed by atoms with E-state index in [9.17, 15) is 4.79 Å². The van der Waals surface area contributed by atoms with Crippen LogP contribution in [0.25, 0.3) is 16.7 Å². The van der Waals surface area contributed by atoms with Crippen LogP contribution in [0.5, 0.6) is 0 Å². The molecular weight excluding hydrogens is 406 g/mol. The number of fused-ring (bicyclic) bond motifs is 1. The number of benzene rings is 3. The lowest BCUT2D eigenvalue weighted by atomic mass is 9.73. The number of para-hydroxylation sites is 2. The van der Waals surface area contributed by atoms with Crippen molar-refractivity contribution < 1.29 is 9.53 Å². The van der Waals surface area contributed by atoms with E-state index in [0.717, 1.165) is 32.1 Å². The Balaban J connectivity index is 1.39. The van der Waals surface area contributed by atoms with Crippen LogP contribution >= 0.6 is 11.8 Å². The fourth-order valence-electron chi connectivity index (χ4n) is 4.23. The van der Waals surface area contributed by atoms with Gasteiger partial charge in [0.15, 0.2) is 0 Å². The van der Waals surface area contributed by atoms with E-state index in [-0.39, 0.29) is 5.91 Å². The molecule has 6 heteroatoms. The molecule has 1 aliphatic heterocycles. The maximum Gasteiger partial charge on any atom is 0.228 e. The number of carbonyl (C=O) groups is 1. The van der Waals surface area contributed by atoms with Crippen LogP contribution in [0.15, 0.2) is 88.9 Å². The van der Waals surface area contributed by atoms with Crippen molar-refractivity contribution in [1.82, 2.24) is 9.55 Å². The van der Waals surface area contributed by atoms with E-state index in [1.165, 1.54) is 0 Å². The third-order valence-electron chi connectivity index (χ3n) is 6.01. The van der Waals surface area contributed by atoms with E-state index in [4.69, 9.17) is 10.5 Å². The van der Waals surface area contributed by atoms with Crippen molar-refractivity contribution in [3.8, 4) is 5.69 Å². The zero-order chi connectivity index (χ0) is 21.3. The molecule has 0 saturated carbocycles. The van der Waals surface area contributed by atoms with Crippen LogP contribution < -0.4 is 5.73 Å². The van der Waals surface area contributed by atoms with Gasteiger partial charge in [0.05, 0.1) is 16.4 Å². The second kappa shape index (κ2) is 8.21. The molecule has 5 rings (SSSR count). The van der Waals surface area contributed by atoms with E-state index in [1.54, 1.807) is 11.8 Å². The number of imidazole rings is 1. The van der Waals surface area contributed by atoms with Gasteiger partial charge in [-0.1, -0.05) is 36.0 Å². The lowest BCUT2D eigenvalue weighted by Crippen LogP contribution is -2.45. The molecular formula is C25H23N3O2S. The second-order valence-corrected chi connectivity index (χ2v) is 8.93. The summed E-state index contributed by atoms with van der Waals surface area (Å²) in [6.07, 6.45) is 3.11. The lowest BCUT2D eigenvalue weighted by molar-refractivity contribution is -0.127. The molecule has 1 fully saturated rings. The minimum Gasteiger partial charge on any atom is -0.381 e. The lowest BCUT2D eigenvalue weighted by Gasteiger charge is -2.34. The normalized spacial score (nSPS) is 15.7. The molecule has 3 aromatic carbocycles. The number of rotatable bonds is 5. The minimum absolute atomic E-state index is 0.269. The fraction of sp³-hybridized carbons (Fsp3) is 0.200. The number of hydrogen-bond acceptors (Lipinski definition) is 4. The van der Waals surface area contributed by atoms with Crippen LogP contribution in [0.3, 0.4) is 0 Å². The number of primary amides is 1. The summed E-state index contributed by atoms with van der Waals surface area (Å²) in [5, 5.41) is 0. The summed E-state index contributed by atoms with van der Waals surface area (Å²) in [7, 11) is 0. The molecule has 2 heterocycles. The average molecular weight is 430 g/mol. The van der Waals surface area contributed by atoms with Crippen LogP contribution in [-0.4, -0.2) is 28.7 Å². The van der Waals surface area contributed by atoms with Crippen LogP contribution in [0.1, 0.15) is 18.4 Å². The Hall–Kier alpha value is -3.09. The smallest absolute Gasteiger partial charge is 0.228 e. The zero-order valence-corrected chi connectivity index (χ0v) is 17.8. The number of amides is 1. The van der Waals surface area contributed by atoms with Crippen LogP contribution in [-0.2, 0) is 14.9 Å². The molecule has 0 bridgehead atoms. The predicted octanol–water partition coefficient (Wildman–Crippen LogP) is 4.71. The highest BCUT2D eigenvalue weighted by Crippen LogP contribution is 2.37. The van der Waals surface area contributed by atoms with Gasteiger partial charge in [-0.15, -0.1) is 0 Å². The van der Waals surface area contributed by atoms with Crippen LogP contribution in [0.2, 0.25) is 0 Å². The van der Waals surface area contributed by atoms with Gasteiger partial charge in [0.2, 0.25) is 5.91 Å². The zero-order valence-electron chi connectivity index (χ0n) is 17.0. The van der Waals surface area contributed by atoms with Gasteiger partial charge in [-0.3, -0.25) is 9.36 Å². The molecule has 0 spiro atoms. The number of carbonyl (C=O) groups excluding carboxylic acids is 1. The summed E-state index contributed by atoms with van der Waals surface area (Å²) in [4.78, 5) is 19.0. The third kappa shape index (κ3) is 3.73. The average Bonchev–Trinajstić information content (AvgIpc) is 3.24. The van der Waals surface area contributed by atoms with E-state index >= 15 is 0 Å². The quantitative estimate of drug-likeness (QED) is 0.499. The minimum atomic E-state index is -0.638. The monoisotopic (exact) mass is 429 g/mol. The first-order chi connectivity index (χ1) is 15.2. The Kier molecular flexibility index (Phi) is 5.26. The Labute approximate surface area is 185 Å². The number of aromatic nitrogens is 2. The molecule has 4 aromatic rings. The van der Waals surface area contributed by atoms with E-state index in [1.807, 2.05) is 36.7 Å². The van der Waals surface area contributed by atoms with Crippen molar-refractivity contribution in [3.05, 3.63) is 84.7 Å². The van der Waals surface area contributed by atoms with Gasteiger partial charge in [-0.25, -0.2) is 4.98 Å². The standard InChI is InChI=1S/C25H23N3O2S/c26-24(29)25(12-14-30-15-13-25)18-4-3-5-21(16-18)31-20-10-8-19(9-11-20)28-17-27-22-6-1-2-7-23(22)28/h1-11,16-17H,12-15H2,(H2,26,29). The van der Waals surface area contributed by atoms with Crippen molar-refractivity contribution in [1.29, 1.82) is 0 Å². The van der Waals surface area contributed by atoms with Gasteiger partial charge in [0.1, 0.15) is 6.33 Å². The first kappa shape index (κ1) is 19.8. The molecule has 0 radical (unpaired) electrons. The van der Waals surface area contributed by atoms with Gasteiger partial charge in [-0.2, -0.15) is 0 Å². The summed E-state index contributed by atoms with van der Waals surface area (Å²) < 4.78 is 7.56. The molecule has 1 aliphatic rings. The summed E-state index contributed by atoms with van der Waals surface area (Å²) in [5.74, 6) is -0.269. The summed E-state index contributed by atoms with van der Waals surface area (Å²) in [6.45, 7) is 1.12. The molecule has 2 N–H and O–H groups in total. The van der Waals surface area contributed by atoms with E-state index in [0.29, 0.717) is 26.1 Å². The van der Waals surface area contributed by atoms with Crippen molar-refractivity contribution in [2.45, 2.75) is 28.0 Å². The molecule has 1 amide bonds. The van der Waals surface area contributed by atoms with Gasteiger partial charge in [-0.05, 0) is 66.9 Å². The largest absolute Gasteiger partial charge is 0.381 e. The van der Waals surface area contributed by atoms with Gasteiger partial charge < -0.3 is 10.5 Å². The van der Waals surface area contributed by atoms with Gasteiger partial charge in [0, 0.05) is 28.7 Å². The van der Waals surface area contributed by atoms with Crippen molar-refractivity contribution >= 4 is 28.7 Å². The number of hydrogen-bond donors (Lipinski definition) is 1. The molecule has 0 aliphatic carbocycles. The predicted molar refractivity (Wildman–Crippen MR) is 123 cm³/mol. The Morgan fingerprint density at radius 2 is 1.74 bits per heavy atom. The molecule has 1 aromatic heterocycles. The van der Waals surface area contributed by atoms with Crippen LogP contribution in [0, 0.1) is 0 Å². The number of nitrogens with two attached hydrogens (primary N) is 1. The van der Waals surface area contributed by atoms with Crippen molar-refractivity contribution in [2.24, 2.45) is 5.73 Å². The van der Waals surface area contributed by atoms with Gasteiger partial charge >= 0.3 is 0 Å². The Morgan fingerprint density at radius 1 is 0.968 bits per heavy atom. The summed E-state index contributed by atoms with van der Waals surface area (Å²) in [6, 6.07) is 24.7. The van der Waals surface area contributed by atoms with Gasteiger partial charge in [0.25, 0.3) is 0 Å². The van der Waals surface area contributed by atoms with E-state index < -0.39 is 5.41 Å². The SMILES string of the molecule is NC(=O)C1(c2cccc(Sc3ccc(-n4cnc5ccccc54)cc3)c2)CCOCC1. The topological polar surface area (TPSA) is 70.1 Å².